The normalized spacial score (nSPS) is 17.3. The average molecular weight is 371 g/mol. The van der Waals surface area contributed by atoms with Crippen LogP contribution in [0.25, 0.3) is 0 Å². The Balaban J connectivity index is 2.31. The molecule has 0 unspecified atom stereocenters. The zero-order valence-electron chi connectivity index (χ0n) is 13.1. The van der Waals surface area contributed by atoms with Gasteiger partial charge in [-0.3, -0.25) is 9.59 Å². The molecule has 0 bridgehead atoms. The molecule has 2 N–H and O–H groups in total. The van der Waals surface area contributed by atoms with Gasteiger partial charge >= 0.3 is 5.97 Å². The lowest BCUT2D eigenvalue weighted by Gasteiger charge is -2.25. The van der Waals surface area contributed by atoms with Crippen LogP contribution in [0.3, 0.4) is 0 Å². The highest BCUT2D eigenvalue weighted by molar-refractivity contribution is 6.35. The number of hydrogen-bond acceptors (Lipinski definition) is 4. The Morgan fingerprint density at radius 2 is 2.08 bits per heavy atom. The van der Waals surface area contributed by atoms with Crippen molar-refractivity contribution in [2.24, 2.45) is 5.92 Å². The van der Waals surface area contributed by atoms with E-state index in [1.54, 1.807) is 26.0 Å². The molecular formula is C16H16Cl2N2O4. The zero-order valence-corrected chi connectivity index (χ0v) is 14.6. The highest BCUT2D eigenvalue weighted by atomic mass is 35.5. The molecule has 1 heterocycles. The molecule has 128 valence electrons. The number of esters is 1. The van der Waals surface area contributed by atoms with Gasteiger partial charge in [-0.1, -0.05) is 23.2 Å². The van der Waals surface area contributed by atoms with Crippen LogP contribution in [-0.4, -0.2) is 24.4 Å². The summed E-state index contributed by atoms with van der Waals surface area (Å²) in [5.41, 5.74) is 0.746. The van der Waals surface area contributed by atoms with Crippen LogP contribution in [0.1, 0.15) is 20.3 Å². The van der Waals surface area contributed by atoms with E-state index in [4.69, 9.17) is 27.9 Å². The minimum atomic E-state index is -0.965. The topological polar surface area (TPSA) is 84.5 Å². The maximum Gasteiger partial charge on any atom is 0.336 e. The van der Waals surface area contributed by atoms with Gasteiger partial charge in [-0.05, 0) is 32.0 Å². The molecule has 0 radical (unpaired) electrons. The first-order valence-electron chi connectivity index (χ1n) is 7.27. The van der Waals surface area contributed by atoms with Crippen LogP contribution in [0.2, 0.25) is 10.0 Å². The summed E-state index contributed by atoms with van der Waals surface area (Å²) in [6.45, 7) is 3.38. The fourth-order valence-corrected chi connectivity index (χ4v) is 2.75. The number of amides is 2. The number of rotatable bonds is 4. The number of hydrogen-bond donors (Lipinski definition) is 2. The predicted octanol–water partition coefficient (Wildman–Crippen LogP) is 2.91. The second-order valence-corrected chi connectivity index (χ2v) is 6.02. The Morgan fingerprint density at radius 3 is 2.75 bits per heavy atom. The molecule has 1 atom stereocenters. The number of benzene rings is 1. The lowest BCUT2D eigenvalue weighted by molar-refractivity contribution is -0.141. The highest BCUT2D eigenvalue weighted by Crippen LogP contribution is 2.29. The third kappa shape index (κ3) is 4.07. The monoisotopic (exact) mass is 370 g/mol. The second kappa shape index (κ2) is 7.68. The summed E-state index contributed by atoms with van der Waals surface area (Å²) in [5, 5.41) is 5.86. The van der Waals surface area contributed by atoms with E-state index in [9.17, 15) is 14.4 Å². The lowest BCUT2D eigenvalue weighted by Crippen LogP contribution is -2.40. The molecule has 0 fully saturated rings. The smallest absolute Gasteiger partial charge is 0.336 e. The van der Waals surface area contributed by atoms with Gasteiger partial charge in [-0.15, -0.1) is 0 Å². The molecule has 0 saturated heterocycles. The van der Waals surface area contributed by atoms with Gasteiger partial charge < -0.3 is 15.4 Å². The van der Waals surface area contributed by atoms with Crippen LogP contribution in [0.15, 0.2) is 29.5 Å². The maximum atomic E-state index is 12.6. The van der Waals surface area contributed by atoms with Crippen LogP contribution in [-0.2, 0) is 19.1 Å². The highest BCUT2D eigenvalue weighted by Gasteiger charge is 2.36. The summed E-state index contributed by atoms with van der Waals surface area (Å²) in [7, 11) is 0. The number of nitrogens with one attached hydrogen (secondary N) is 2. The number of carbonyl (C=O) groups is 3. The van der Waals surface area contributed by atoms with E-state index < -0.39 is 17.8 Å². The van der Waals surface area contributed by atoms with Crippen LogP contribution in [0, 0.1) is 5.92 Å². The number of ether oxygens (including phenoxy) is 1. The van der Waals surface area contributed by atoms with Crippen molar-refractivity contribution < 1.29 is 19.1 Å². The van der Waals surface area contributed by atoms with E-state index in [0.717, 1.165) is 0 Å². The first-order chi connectivity index (χ1) is 11.3. The van der Waals surface area contributed by atoms with Crippen molar-refractivity contribution in [1.82, 2.24) is 5.32 Å². The molecule has 1 aromatic carbocycles. The molecule has 8 heteroatoms. The third-order valence-corrected chi connectivity index (χ3v) is 4.03. The molecule has 0 aliphatic carbocycles. The Hall–Kier alpha value is -2.05. The first kappa shape index (κ1) is 18.3. The van der Waals surface area contributed by atoms with Crippen molar-refractivity contribution in [2.45, 2.75) is 20.3 Å². The maximum absolute atomic E-state index is 12.6. The van der Waals surface area contributed by atoms with Gasteiger partial charge in [-0.2, -0.15) is 0 Å². The average Bonchev–Trinajstić information content (AvgIpc) is 2.50. The SMILES string of the molecule is CCOC(=O)C1=C(C)NC(=O)C[C@@H]1C(=O)Nc1cc(Cl)ccc1Cl. The Labute approximate surface area is 149 Å². The third-order valence-electron chi connectivity index (χ3n) is 3.47. The predicted molar refractivity (Wildman–Crippen MR) is 90.7 cm³/mol. The molecular weight excluding hydrogens is 355 g/mol. The second-order valence-electron chi connectivity index (χ2n) is 5.18. The van der Waals surface area contributed by atoms with Gasteiger partial charge in [-0.25, -0.2) is 4.79 Å². The van der Waals surface area contributed by atoms with Crippen molar-refractivity contribution in [1.29, 1.82) is 0 Å². The molecule has 1 aromatic rings. The summed E-state index contributed by atoms with van der Waals surface area (Å²) >= 11 is 11.9. The van der Waals surface area contributed by atoms with E-state index in [-0.39, 0.29) is 24.5 Å². The largest absolute Gasteiger partial charge is 0.463 e. The van der Waals surface area contributed by atoms with Crippen LogP contribution < -0.4 is 10.6 Å². The lowest BCUT2D eigenvalue weighted by atomic mass is 9.89. The minimum Gasteiger partial charge on any atom is -0.463 e. The molecule has 2 amide bonds. The zero-order chi connectivity index (χ0) is 17.9. The van der Waals surface area contributed by atoms with Gasteiger partial charge in [0.2, 0.25) is 11.8 Å². The van der Waals surface area contributed by atoms with Crippen molar-refractivity contribution in [3.63, 3.8) is 0 Å². The number of allylic oxidation sites excluding steroid dienone is 1. The van der Waals surface area contributed by atoms with Crippen molar-refractivity contribution in [3.05, 3.63) is 39.5 Å². The van der Waals surface area contributed by atoms with Crippen LogP contribution in [0.4, 0.5) is 5.69 Å². The molecule has 6 nitrogen and oxygen atoms in total. The molecule has 0 aromatic heterocycles. The fraction of sp³-hybridized carbons (Fsp3) is 0.312. The van der Waals surface area contributed by atoms with Gasteiger partial charge in [0.1, 0.15) is 0 Å². The quantitative estimate of drug-likeness (QED) is 0.798. The van der Waals surface area contributed by atoms with Gasteiger partial charge in [0, 0.05) is 17.1 Å². The summed E-state index contributed by atoms with van der Waals surface area (Å²) in [4.78, 5) is 36.5. The van der Waals surface area contributed by atoms with Gasteiger partial charge in [0.25, 0.3) is 0 Å². The van der Waals surface area contributed by atoms with Crippen molar-refractivity contribution in [3.8, 4) is 0 Å². The number of carbonyl (C=O) groups excluding carboxylic acids is 3. The molecule has 0 saturated carbocycles. The van der Waals surface area contributed by atoms with E-state index in [1.165, 1.54) is 6.07 Å². The van der Waals surface area contributed by atoms with Gasteiger partial charge in [0.05, 0.1) is 28.8 Å². The summed E-state index contributed by atoms with van der Waals surface area (Å²) in [5.74, 6) is -2.48. The minimum absolute atomic E-state index is 0.132. The molecule has 1 aliphatic heterocycles. The van der Waals surface area contributed by atoms with E-state index in [0.29, 0.717) is 21.4 Å². The Kier molecular flexibility index (Phi) is 5.85. The van der Waals surface area contributed by atoms with Crippen molar-refractivity contribution >= 4 is 46.7 Å². The molecule has 0 spiro atoms. The molecule has 2 rings (SSSR count). The summed E-state index contributed by atoms with van der Waals surface area (Å²) in [6.07, 6.45) is -0.157. The van der Waals surface area contributed by atoms with E-state index >= 15 is 0 Å². The number of halogens is 2. The van der Waals surface area contributed by atoms with Crippen molar-refractivity contribution in [2.75, 3.05) is 11.9 Å². The molecule has 1 aliphatic rings. The Morgan fingerprint density at radius 1 is 1.38 bits per heavy atom. The fourth-order valence-electron chi connectivity index (χ4n) is 2.42. The standard InChI is InChI=1S/C16H16Cl2N2O4/c1-3-24-16(23)14-8(2)19-13(21)7-10(14)15(22)20-12-6-9(17)4-5-11(12)18/h4-6,10H,3,7H2,1-2H3,(H,19,21)(H,20,22)/t10-/m0/s1. The summed E-state index contributed by atoms with van der Waals surface area (Å²) < 4.78 is 4.99. The van der Waals surface area contributed by atoms with E-state index in [1.807, 2.05) is 0 Å². The van der Waals surface area contributed by atoms with E-state index in [2.05, 4.69) is 10.6 Å². The first-order valence-corrected chi connectivity index (χ1v) is 8.02. The van der Waals surface area contributed by atoms with Crippen LogP contribution >= 0.6 is 23.2 Å². The van der Waals surface area contributed by atoms with Crippen LogP contribution in [0.5, 0.6) is 0 Å². The molecule has 24 heavy (non-hydrogen) atoms. The number of anilines is 1. The Bertz CT molecular complexity index is 731. The van der Waals surface area contributed by atoms with Gasteiger partial charge in [0.15, 0.2) is 0 Å². The summed E-state index contributed by atoms with van der Waals surface area (Å²) in [6, 6.07) is 4.62.